The van der Waals surface area contributed by atoms with Crippen molar-refractivity contribution in [2.75, 3.05) is 5.32 Å². The second kappa shape index (κ2) is 8.29. The zero-order valence-electron chi connectivity index (χ0n) is 14.3. The fourth-order valence-corrected chi connectivity index (χ4v) is 2.99. The van der Waals surface area contributed by atoms with Crippen LogP contribution in [0.2, 0.25) is 10.0 Å². The van der Waals surface area contributed by atoms with Crippen LogP contribution in [-0.4, -0.2) is 11.8 Å². The van der Waals surface area contributed by atoms with E-state index in [1.807, 2.05) is 13.0 Å². The highest BCUT2D eigenvalue weighted by molar-refractivity contribution is 6.42. The van der Waals surface area contributed by atoms with Gasteiger partial charge in [0.1, 0.15) is 0 Å². The van der Waals surface area contributed by atoms with Crippen LogP contribution in [0.3, 0.4) is 0 Å². The summed E-state index contributed by atoms with van der Waals surface area (Å²) in [7, 11) is 0. The lowest BCUT2D eigenvalue weighted by Crippen LogP contribution is -2.26. The molecule has 2 aromatic carbocycles. The van der Waals surface area contributed by atoms with Gasteiger partial charge in [-0.05, 0) is 55.0 Å². The summed E-state index contributed by atoms with van der Waals surface area (Å²) in [5.74, 6) is -0.409. The van der Waals surface area contributed by atoms with Crippen LogP contribution in [0, 0.1) is 0 Å². The molecular formula is C20H16Cl2N2O3. The molecule has 0 radical (unpaired) electrons. The summed E-state index contributed by atoms with van der Waals surface area (Å²) in [4.78, 5) is 24.4. The maximum atomic E-state index is 12.5. The molecule has 0 spiro atoms. The zero-order valence-corrected chi connectivity index (χ0v) is 15.8. The molecule has 1 unspecified atom stereocenters. The number of hydrogen-bond acceptors (Lipinski definition) is 3. The van der Waals surface area contributed by atoms with E-state index in [9.17, 15) is 9.59 Å². The van der Waals surface area contributed by atoms with Crippen molar-refractivity contribution in [2.45, 2.75) is 13.0 Å². The van der Waals surface area contributed by atoms with Crippen molar-refractivity contribution >= 4 is 40.7 Å². The highest BCUT2D eigenvalue weighted by Crippen LogP contribution is 2.29. The summed E-state index contributed by atoms with van der Waals surface area (Å²) in [6.45, 7) is 1.83. The van der Waals surface area contributed by atoms with Gasteiger partial charge in [0.25, 0.3) is 11.8 Å². The van der Waals surface area contributed by atoms with Crippen LogP contribution in [0.4, 0.5) is 5.69 Å². The van der Waals surface area contributed by atoms with E-state index in [1.54, 1.807) is 48.5 Å². The summed E-state index contributed by atoms with van der Waals surface area (Å²) >= 11 is 12.2. The zero-order chi connectivity index (χ0) is 19.4. The first-order valence-electron chi connectivity index (χ1n) is 8.15. The molecule has 0 saturated heterocycles. The largest absolute Gasteiger partial charge is 0.459 e. The minimum absolute atomic E-state index is 0.212. The Bertz CT molecular complexity index is 954. The third-order valence-corrected chi connectivity index (χ3v) is 4.78. The molecule has 1 aromatic heterocycles. The molecule has 3 aromatic rings. The van der Waals surface area contributed by atoms with Crippen molar-refractivity contribution in [1.82, 2.24) is 5.32 Å². The van der Waals surface area contributed by atoms with Crippen LogP contribution >= 0.6 is 23.2 Å². The van der Waals surface area contributed by atoms with Crippen LogP contribution in [-0.2, 0) is 0 Å². The molecule has 0 aliphatic rings. The number of amides is 2. The standard InChI is InChI=1S/C20H16Cl2N2O3/c1-12(15-4-2-5-16(21)18(15)22)23-19(25)13-7-9-14(10-8-13)24-20(26)17-6-3-11-27-17/h2-12H,1H3,(H,23,25)(H,24,26). The lowest BCUT2D eigenvalue weighted by Gasteiger charge is -2.16. The number of benzene rings is 2. The van der Waals surface area contributed by atoms with Gasteiger partial charge in [-0.15, -0.1) is 0 Å². The van der Waals surface area contributed by atoms with Gasteiger partial charge in [-0.1, -0.05) is 35.3 Å². The number of carbonyl (C=O) groups excluding carboxylic acids is 2. The fraction of sp³-hybridized carbons (Fsp3) is 0.100. The second-order valence-corrected chi connectivity index (χ2v) is 6.63. The van der Waals surface area contributed by atoms with Gasteiger partial charge >= 0.3 is 0 Å². The van der Waals surface area contributed by atoms with Crippen LogP contribution in [0.15, 0.2) is 65.3 Å². The van der Waals surface area contributed by atoms with E-state index in [4.69, 9.17) is 27.6 Å². The quantitative estimate of drug-likeness (QED) is 0.605. The second-order valence-electron chi connectivity index (χ2n) is 5.85. The van der Waals surface area contributed by atoms with E-state index in [2.05, 4.69) is 10.6 Å². The highest BCUT2D eigenvalue weighted by Gasteiger charge is 2.16. The van der Waals surface area contributed by atoms with Gasteiger partial charge in [-0.2, -0.15) is 0 Å². The Morgan fingerprint density at radius 3 is 2.37 bits per heavy atom. The first kappa shape index (κ1) is 19.0. The summed E-state index contributed by atoms with van der Waals surface area (Å²) in [6, 6.07) is 14.7. The lowest BCUT2D eigenvalue weighted by molar-refractivity contribution is 0.0939. The topological polar surface area (TPSA) is 71.3 Å². The fourth-order valence-electron chi connectivity index (χ4n) is 2.52. The van der Waals surface area contributed by atoms with E-state index in [0.717, 1.165) is 5.56 Å². The Labute approximate surface area is 166 Å². The van der Waals surface area contributed by atoms with Crippen LogP contribution < -0.4 is 10.6 Å². The predicted octanol–water partition coefficient (Wildman–Crippen LogP) is 5.33. The van der Waals surface area contributed by atoms with Crippen LogP contribution in [0.25, 0.3) is 0 Å². The molecular weight excluding hydrogens is 387 g/mol. The number of anilines is 1. The van der Waals surface area contributed by atoms with E-state index in [1.165, 1.54) is 6.26 Å². The molecule has 27 heavy (non-hydrogen) atoms. The molecule has 1 atom stereocenters. The van der Waals surface area contributed by atoms with E-state index in [-0.39, 0.29) is 23.6 Å². The number of halogens is 2. The molecule has 0 aliphatic carbocycles. The molecule has 3 rings (SSSR count). The molecule has 2 amide bonds. The Kier molecular flexibility index (Phi) is 5.84. The molecule has 0 bridgehead atoms. The van der Waals surface area contributed by atoms with Crippen LogP contribution in [0.1, 0.15) is 39.4 Å². The summed E-state index contributed by atoms with van der Waals surface area (Å²) in [5.41, 5.74) is 1.75. The Hall–Kier alpha value is -2.76. The van der Waals surface area contributed by atoms with E-state index < -0.39 is 0 Å². The van der Waals surface area contributed by atoms with Crippen molar-refractivity contribution in [3.8, 4) is 0 Å². The SMILES string of the molecule is CC(NC(=O)c1ccc(NC(=O)c2ccco2)cc1)c1cccc(Cl)c1Cl. The third kappa shape index (κ3) is 4.51. The number of furan rings is 1. The first-order valence-corrected chi connectivity index (χ1v) is 8.91. The van der Waals surface area contributed by atoms with Gasteiger partial charge < -0.3 is 15.1 Å². The maximum absolute atomic E-state index is 12.5. The molecule has 2 N–H and O–H groups in total. The molecule has 0 fully saturated rings. The predicted molar refractivity (Wildman–Crippen MR) is 105 cm³/mol. The maximum Gasteiger partial charge on any atom is 0.291 e. The number of rotatable bonds is 5. The molecule has 5 nitrogen and oxygen atoms in total. The molecule has 138 valence electrons. The van der Waals surface area contributed by atoms with Crippen molar-refractivity contribution in [1.29, 1.82) is 0 Å². The average molecular weight is 403 g/mol. The lowest BCUT2D eigenvalue weighted by atomic mass is 10.1. The van der Waals surface area contributed by atoms with Crippen molar-refractivity contribution in [2.24, 2.45) is 0 Å². The van der Waals surface area contributed by atoms with E-state index >= 15 is 0 Å². The molecule has 7 heteroatoms. The molecule has 0 aliphatic heterocycles. The minimum Gasteiger partial charge on any atom is -0.459 e. The van der Waals surface area contributed by atoms with Crippen molar-refractivity contribution in [3.63, 3.8) is 0 Å². The van der Waals surface area contributed by atoms with Gasteiger partial charge in [0, 0.05) is 11.3 Å². The Morgan fingerprint density at radius 2 is 1.70 bits per heavy atom. The van der Waals surface area contributed by atoms with Gasteiger partial charge in [-0.25, -0.2) is 0 Å². The monoisotopic (exact) mass is 402 g/mol. The van der Waals surface area contributed by atoms with Gasteiger partial charge in [0.05, 0.1) is 22.4 Å². The third-order valence-electron chi connectivity index (χ3n) is 3.95. The molecule has 1 heterocycles. The normalized spacial score (nSPS) is 11.7. The number of nitrogens with one attached hydrogen (secondary N) is 2. The number of carbonyl (C=O) groups is 2. The Morgan fingerprint density at radius 1 is 0.963 bits per heavy atom. The van der Waals surface area contributed by atoms with Crippen LogP contribution in [0.5, 0.6) is 0 Å². The van der Waals surface area contributed by atoms with Crippen molar-refractivity contribution < 1.29 is 14.0 Å². The minimum atomic E-state index is -0.360. The van der Waals surface area contributed by atoms with E-state index in [0.29, 0.717) is 21.3 Å². The van der Waals surface area contributed by atoms with Gasteiger partial charge in [0.15, 0.2) is 5.76 Å². The van der Waals surface area contributed by atoms with Gasteiger partial charge in [0.2, 0.25) is 0 Å². The van der Waals surface area contributed by atoms with Crippen molar-refractivity contribution in [3.05, 3.63) is 87.8 Å². The average Bonchev–Trinajstić information content (AvgIpc) is 3.19. The molecule has 0 saturated carbocycles. The number of hydrogen-bond donors (Lipinski definition) is 2. The summed E-state index contributed by atoms with van der Waals surface area (Å²) in [6.07, 6.45) is 1.43. The van der Waals surface area contributed by atoms with Gasteiger partial charge in [-0.3, -0.25) is 9.59 Å². The summed E-state index contributed by atoms with van der Waals surface area (Å²) < 4.78 is 5.04. The summed E-state index contributed by atoms with van der Waals surface area (Å²) in [5, 5.41) is 6.43. The first-order chi connectivity index (χ1) is 13.0. The highest BCUT2D eigenvalue weighted by atomic mass is 35.5. The smallest absolute Gasteiger partial charge is 0.291 e. The Balaban J connectivity index is 1.65.